The fourth-order valence-corrected chi connectivity index (χ4v) is 13.5. The Morgan fingerprint density at radius 3 is 1.39 bits per heavy atom. The number of hydrogen-bond acceptors (Lipinski definition) is 0. The highest BCUT2D eigenvalue weighted by molar-refractivity contribution is 8.04. The van der Waals surface area contributed by atoms with E-state index >= 15 is 0 Å². The lowest BCUT2D eigenvalue weighted by Crippen LogP contribution is -2.51. The van der Waals surface area contributed by atoms with Gasteiger partial charge in [0.15, 0.2) is 6.71 Å². The molecule has 0 amide bonds. The van der Waals surface area contributed by atoms with Crippen molar-refractivity contribution in [1.29, 1.82) is 0 Å². The third kappa shape index (κ3) is 5.32. The van der Waals surface area contributed by atoms with Gasteiger partial charge in [-0.1, -0.05) is 107 Å². The van der Waals surface area contributed by atoms with Crippen LogP contribution in [0, 0.1) is 0 Å². The Balaban J connectivity index is 1.57. The van der Waals surface area contributed by atoms with E-state index < -0.39 is 7.14 Å². The van der Waals surface area contributed by atoms with Crippen molar-refractivity contribution in [3.63, 3.8) is 0 Å². The third-order valence-electron chi connectivity index (χ3n) is 10.4. The van der Waals surface area contributed by atoms with E-state index in [9.17, 15) is 0 Å². The minimum absolute atomic E-state index is 0.789. The second kappa shape index (κ2) is 11.7. The Labute approximate surface area is 207 Å². The summed E-state index contributed by atoms with van der Waals surface area (Å²) in [6.45, 7) is 0.789. The SMILES string of the molecule is [B][P+](c1ccccc1B(C1CCCCC1)C1CCCCC1)(C1CCCCC1)C1CCCCC1. The van der Waals surface area contributed by atoms with Gasteiger partial charge < -0.3 is 0 Å². The first-order valence-electron chi connectivity index (χ1n) is 15.0. The molecule has 1 aromatic carbocycles. The van der Waals surface area contributed by atoms with Crippen LogP contribution < -0.4 is 10.8 Å². The highest BCUT2D eigenvalue weighted by Gasteiger charge is 2.52. The zero-order valence-electron chi connectivity index (χ0n) is 21.4. The van der Waals surface area contributed by atoms with Crippen molar-refractivity contribution in [2.75, 3.05) is 0 Å². The first-order chi connectivity index (χ1) is 16.3. The van der Waals surface area contributed by atoms with Crippen molar-refractivity contribution in [3.8, 4) is 0 Å². The van der Waals surface area contributed by atoms with E-state index in [2.05, 4.69) is 24.3 Å². The second-order valence-electron chi connectivity index (χ2n) is 12.3. The molecule has 0 saturated heterocycles. The fourth-order valence-electron chi connectivity index (χ4n) is 8.71. The van der Waals surface area contributed by atoms with Crippen molar-refractivity contribution in [2.45, 2.75) is 151 Å². The fraction of sp³-hybridized carbons (Fsp3) is 0.800. The average molecular weight is 461 g/mol. The normalized spacial score (nSPS) is 25.2. The molecule has 0 aromatic heterocycles. The van der Waals surface area contributed by atoms with Crippen LogP contribution >= 0.6 is 7.14 Å². The molecule has 33 heavy (non-hydrogen) atoms. The maximum Gasteiger partial charge on any atom is 0.371 e. The molecular formula is C30H48B2P+. The Kier molecular flexibility index (Phi) is 8.66. The monoisotopic (exact) mass is 461 g/mol. The topological polar surface area (TPSA) is 0 Å². The van der Waals surface area contributed by atoms with Gasteiger partial charge in [0.05, 0.1) is 16.6 Å². The summed E-state index contributed by atoms with van der Waals surface area (Å²) in [6, 6.07) is 9.91. The Morgan fingerprint density at radius 2 is 0.939 bits per heavy atom. The molecule has 4 saturated carbocycles. The lowest BCUT2D eigenvalue weighted by molar-refractivity contribution is 0.465. The summed E-state index contributed by atoms with van der Waals surface area (Å²) < 4.78 is 0. The van der Waals surface area contributed by atoms with Crippen LogP contribution in [0.2, 0.25) is 11.6 Å². The van der Waals surface area contributed by atoms with Gasteiger partial charge in [-0.15, -0.1) is 0 Å². The molecule has 4 aliphatic carbocycles. The Morgan fingerprint density at radius 1 is 0.545 bits per heavy atom. The van der Waals surface area contributed by atoms with E-state index in [1.165, 1.54) is 128 Å². The molecule has 0 aliphatic heterocycles. The van der Waals surface area contributed by atoms with Gasteiger partial charge in [-0.05, 0) is 70.0 Å². The summed E-state index contributed by atoms with van der Waals surface area (Å²) in [7, 11) is 6.31. The summed E-state index contributed by atoms with van der Waals surface area (Å²) in [5.41, 5.74) is 3.37. The van der Waals surface area contributed by atoms with Gasteiger partial charge in [0.1, 0.15) is 0 Å². The molecule has 0 spiro atoms. The van der Waals surface area contributed by atoms with Gasteiger partial charge in [0.2, 0.25) is 0 Å². The Hall–Kier alpha value is -0.220. The molecule has 0 unspecified atom stereocenters. The maximum atomic E-state index is 7.98. The summed E-state index contributed by atoms with van der Waals surface area (Å²) in [5, 5.41) is 1.73. The minimum Gasteiger partial charge on any atom is -0.0640 e. The summed E-state index contributed by atoms with van der Waals surface area (Å²) in [5.74, 6) is 1.82. The minimum atomic E-state index is -1.67. The van der Waals surface area contributed by atoms with Gasteiger partial charge in [0, 0.05) is 0 Å². The van der Waals surface area contributed by atoms with E-state index in [1.807, 2.05) is 0 Å². The standard InChI is InChI=1S/C30H48B2P/c31-33(27-19-9-3-10-20-27,28-21-11-4-12-22-28)30-24-14-13-23-29(30)32(25-15-5-1-6-16-25)26-17-7-2-8-18-26/h13-14,23-28H,1-12,15-22H2/q+1. The van der Waals surface area contributed by atoms with Crippen LogP contribution in [0.3, 0.4) is 0 Å². The Bertz CT molecular complexity index is 689. The lowest BCUT2D eigenvalue weighted by Gasteiger charge is -2.44. The first kappa shape index (κ1) is 24.5. The molecule has 5 rings (SSSR count). The van der Waals surface area contributed by atoms with Crippen molar-refractivity contribution >= 4 is 32.2 Å². The number of benzene rings is 1. The van der Waals surface area contributed by atoms with E-state index in [1.54, 1.807) is 10.8 Å². The highest BCUT2D eigenvalue weighted by atomic mass is 31.2. The molecule has 4 fully saturated rings. The molecule has 3 heteroatoms. The van der Waals surface area contributed by atoms with E-state index in [4.69, 9.17) is 7.57 Å². The molecule has 4 aliphatic rings. The molecule has 0 atom stereocenters. The molecule has 0 N–H and O–H groups in total. The van der Waals surface area contributed by atoms with Crippen LogP contribution in [-0.2, 0) is 0 Å². The van der Waals surface area contributed by atoms with E-state index in [0.717, 1.165) is 29.7 Å². The van der Waals surface area contributed by atoms with Crippen LogP contribution in [0.4, 0.5) is 0 Å². The molecule has 0 heterocycles. The maximum absolute atomic E-state index is 7.98. The lowest BCUT2D eigenvalue weighted by atomic mass is 9.27. The predicted octanol–water partition coefficient (Wildman–Crippen LogP) is 8.45. The van der Waals surface area contributed by atoms with Crippen LogP contribution in [0.1, 0.15) is 128 Å². The average Bonchev–Trinajstić information content (AvgIpc) is 2.91. The molecule has 2 radical (unpaired) electrons. The molecule has 178 valence electrons. The van der Waals surface area contributed by atoms with Crippen molar-refractivity contribution < 1.29 is 0 Å². The highest BCUT2D eigenvalue weighted by Crippen LogP contribution is 2.67. The summed E-state index contributed by atoms with van der Waals surface area (Å²) in [4.78, 5) is 0. The molecule has 0 bridgehead atoms. The van der Waals surface area contributed by atoms with Crippen LogP contribution in [0.15, 0.2) is 24.3 Å². The quantitative estimate of drug-likeness (QED) is 0.295. The van der Waals surface area contributed by atoms with Gasteiger partial charge in [-0.3, -0.25) is 0 Å². The second-order valence-corrected chi connectivity index (χ2v) is 15.9. The smallest absolute Gasteiger partial charge is 0.0640 e. The van der Waals surface area contributed by atoms with Crippen molar-refractivity contribution in [3.05, 3.63) is 24.3 Å². The van der Waals surface area contributed by atoms with Crippen molar-refractivity contribution in [2.24, 2.45) is 0 Å². The van der Waals surface area contributed by atoms with Gasteiger partial charge in [-0.25, -0.2) is 0 Å². The number of hydrogen-bond donors (Lipinski definition) is 0. The molecular weight excluding hydrogens is 413 g/mol. The first-order valence-corrected chi connectivity index (χ1v) is 17.0. The van der Waals surface area contributed by atoms with Gasteiger partial charge in [-0.2, -0.15) is 0 Å². The van der Waals surface area contributed by atoms with Crippen LogP contribution in [0.25, 0.3) is 0 Å². The zero-order valence-corrected chi connectivity index (χ0v) is 22.3. The van der Waals surface area contributed by atoms with E-state index in [-0.39, 0.29) is 0 Å². The molecule has 0 nitrogen and oxygen atoms in total. The third-order valence-corrected chi connectivity index (χ3v) is 15.1. The van der Waals surface area contributed by atoms with Gasteiger partial charge in [0.25, 0.3) is 0 Å². The van der Waals surface area contributed by atoms with Crippen LogP contribution in [-0.4, -0.2) is 25.6 Å². The predicted molar refractivity (Wildman–Crippen MR) is 152 cm³/mol. The van der Waals surface area contributed by atoms with E-state index in [0.29, 0.717) is 0 Å². The van der Waals surface area contributed by atoms with Crippen molar-refractivity contribution in [1.82, 2.24) is 0 Å². The van der Waals surface area contributed by atoms with Gasteiger partial charge >= 0.3 is 7.57 Å². The van der Waals surface area contributed by atoms with Crippen LogP contribution in [0.5, 0.6) is 0 Å². The molecule has 1 aromatic rings. The zero-order chi connectivity index (χ0) is 22.5. The largest absolute Gasteiger partial charge is 0.371 e. The summed E-state index contributed by atoms with van der Waals surface area (Å²) in [6.07, 6.45) is 28.9. The summed E-state index contributed by atoms with van der Waals surface area (Å²) >= 11 is 0. The number of rotatable bonds is 6.